The van der Waals surface area contributed by atoms with Crippen molar-refractivity contribution in [3.8, 4) is 16.9 Å². The third-order valence-corrected chi connectivity index (χ3v) is 5.25. The van der Waals surface area contributed by atoms with Gasteiger partial charge >= 0.3 is 5.97 Å². The summed E-state index contributed by atoms with van der Waals surface area (Å²) in [4.78, 5) is 12.4. The summed E-state index contributed by atoms with van der Waals surface area (Å²) in [5.74, 6) is -0.162. The van der Waals surface area contributed by atoms with E-state index in [0.29, 0.717) is 12.2 Å². The molecule has 0 saturated heterocycles. The van der Waals surface area contributed by atoms with Crippen molar-refractivity contribution in [2.75, 3.05) is 6.61 Å². The lowest BCUT2D eigenvalue weighted by Crippen LogP contribution is -2.29. The van der Waals surface area contributed by atoms with E-state index in [-0.39, 0.29) is 0 Å². The number of benzene rings is 1. The summed E-state index contributed by atoms with van der Waals surface area (Å²) in [6.45, 7) is 14.2. The zero-order chi connectivity index (χ0) is 22.2. The number of aryl methyl sites for hydroxylation is 3. The van der Waals surface area contributed by atoms with Crippen LogP contribution in [0.3, 0.4) is 0 Å². The molecule has 0 aliphatic rings. The van der Waals surface area contributed by atoms with Crippen LogP contribution >= 0.6 is 0 Å². The Hall–Kier alpha value is -2.79. The van der Waals surface area contributed by atoms with E-state index in [0.717, 1.165) is 39.2 Å². The molecule has 0 aliphatic heterocycles. The molecule has 30 heavy (non-hydrogen) atoms. The molecule has 0 spiro atoms. The van der Waals surface area contributed by atoms with Crippen molar-refractivity contribution >= 4 is 11.5 Å². The van der Waals surface area contributed by atoms with Crippen LogP contribution in [0.5, 0.6) is 5.75 Å². The number of hydrogen-bond donors (Lipinski definition) is 1. The number of carbonyl (C=O) groups is 1. The molecule has 0 fully saturated rings. The summed E-state index contributed by atoms with van der Waals surface area (Å²) in [7, 11) is 0. The standard InChI is InChI=1S/C25H31NO4/c1-8-29-20-12-11-18(14-15(20)2)21-16(3)19-10-9-13-26(19)17(4)22(21)23(24(27)28)30-25(5,6)7/h9-14,23H,8H2,1-7H3,(H,27,28). The van der Waals surface area contributed by atoms with E-state index in [1.807, 2.05) is 77.3 Å². The van der Waals surface area contributed by atoms with Gasteiger partial charge in [0.15, 0.2) is 6.10 Å². The fraction of sp³-hybridized carbons (Fsp3) is 0.400. The Morgan fingerprint density at radius 2 is 1.87 bits per heavy atom. The van der Waals surface area contributed by atoms with Crippen LogP contribution in [0.4, 0.5) is 0 Å². The smallest absolute Gasteiger partial charge is 0.337 e. The van der Waals surface area contributed by atoms with Gasteiger partial charge in [-0.15, -0.1) is 0 Å². The molecule has 0 saturated carbocycles. The van der Waals surface area contributed by atoms with Gasteiger partial charge in [-0.25, -0.2) is 4.79 Å². The number of pyridine rings is 1. The molecular formula is C25H31NO4. The van der Waals surface area contributed by atoms with E-state index in [9.17, 15) is 9.90 Å². The average Bonchev–Trinajstić information content (AvgIpc) is 3.14. The van der Waals surface area contributed by atoms with Gasteiger partial charge in [0, 0.05) is 23.0 Å². The van der Waals surface area contributed by atoms with Crippen LogP contribution in [0, 0.1) is 20.8 Å². The normalized spacial score (nSPS) is 12.9. The molecule has 1 aromatic carbocycles. The van der Waals surface area contributed by atoms with Gasteiger partial charge in [-0.3, -0.25) is 0 Å². The van der Waals surface area contributed by atoms with Crippen LogP contribution in [-0.4, -0.2) is 27.7 Å². The molecule has 1 unspecified atom stereocenters. The molecule has 160 valence electrons. The lowest BCUT2D eigenvalue weighted by Gasteiger charge is -2.29. The van der Waals surface area contributed by atoms with E-state index in [1.54, 1.807) is 0 Å². The number of carboxylic acids is 1. The van der Waals surface area contributed by atoms with Crippen LogP contribution in [-0.2, 0) is 9.53 Å². The maximum absolute atomic E-state index is 12.4. The van der Waals surface area contributed by atoms with Crippen molar-refractivity contribution in [3.05, 3.63) is 58.9 Å². The maximum atomic E-state index is 12.4. The molecule has 0 radical (unpaired) electrons. The number of ether oxygens (including phenoxy) is 2. The predicted molar refractivity (Wildman–Crippen MR) is 119 cm³/mol. The summed E-state index contributed by atoms with van der Waals surface area (Å²) in [6.07, 6.45) is 0.877. The highest BCUT2D eigenvalue weighted by Crippen LogP contribution is 2.40. The second-order valence-corrected chi connectivity index (χ2v) is 8.62. The second-order valence-electron chi connectivity index (χ2n) is 8.62. The van der Waals surface area contributed by atoms with E-state index >= 15 is 0 Å². The van der Waals surface area contributed by atoms with Gasteiger partial charge < -0.3 is 19.0 Å². The van der Waals surface area contributed by atoms with E-state index in [2.05, 4.69) is 12.1 Å². The van der Waals surface area contributed by atoms with Crippen molar-refractivity contribution in [2.45, 2.75) is 60.2 Å². The van der Waals surface area contributed by atoms with Crippen LogP contribution in [0.15, 0.2) is 36.5 Å². The highest BCUT2D eigenvalue weighted by atomic mass is 16.5. The average molecular weight is 410 g/mol. The minimum Gasteiger partial charge on any atom is -0.494 e. The molecular weight excluding hydrogens is 378 g/mol. The summed E-state index contributed by atoms with van der Waals surface area (Å²) < 4.78 is 13.8. The quantitative estimate of drug-likeness (QED) is 0.553. The predicted octanol–water partition coefficient (Wildman–Crippen LogP) is 5.87. The lowest BCUT2D eigenvalue weighted by molar-refractivity contribution is -0.160. The number of rotatable bonds is 6. The number of hydrogen-bond acceptors (Lipinski definition) is 3. The molecule has 1 atom stereocenters. The first-order valence-electron chi connectivity index (χ1n) is 10.3. The topological polar surface area (TPSA) is 60.2 Å². The molecule has 0 aliphatic carbocycles. The Morgan fingerprint density at radius 3 is 2.43 bits per heavy atom. The molecule has 5 heteroatoms. The van der Waals surface area contributed by atoms with E-state index in [4.69, 9.17) is 9.47 Å². The molecule has 2 aromatic heterocycles. The van der Waals surface area contributed by atoms with Gasteiger partial charge in [0.1, 0.15) is 5.75 Å². The summed E-state index contributed by atoms with van der Waals surface area (Å²) in [5.41, 5.74) is 5.88. The summed E-state index contributed by atoms with van der Waals surface area (Å²) in [6, 6.07) is 10.0. The first kappa shape index (κ1) is 21.9. The van der Waals surface area contributed by atoms with Gasteiger partial charge in [-0.1, -0.05) is 6.07 Å². The Labute approximate surface area is 178 Å². The van der Waals surface area contributed by atoms with Crippen LogP contribution in [0.1, 0.15) is 56.2 Å². The van der Waals surface area contributed by atoms with Crippen molar-refractivity contribution in [2.24, 2.45) is 0 Å². The second kappa shape index (κ2) is 8.15. The van der Waals surface area contributed by atoms with Crippen molar-refractivity contribution < 1.29 is 19.4 Å². The number of aromatic nitrogens is 1. The molecule has 2 heterocycles. The largest absolute Gasteiger partial charge is 0.494 e. The third kappa shape index (κ3) is 4.08. The minimum atomic E-state index is -1.09. The molecule has 1 N–H and O–H groups in total. The van der Waals surface area contributed by atoms with Crippen LogP contribution < -0.4 is 4.74 Å². The highest BCUT2D eigenvalue weighted by molar-refractivity contribution is 5.85. The van der Waals surface area contributed by atoms with Crippen molar-refractivity contribution in [1.82, 2.24) is 4.40 Å². The van der Waals surface area contributed by atoms with E-state index < -0.39 is 17.7 Å². The number of carboxylic acid groups (broad SMARTS) is 1. The SMILES string of the molecule is CCOc1ccc(-c2c(C(OC(C)(C)C)C(=O)O)c(C)n3cccc3c2C)cc1C. The zero-order valence-electron chi connectivity index (χ0n) is 18.9. The first-order chi connectivity index (χ1) is 14.0. The monoisotopic (exact) mass is 409 g/mol. The van der Waals surface area contributed by atoms with Crippen LogP contribution in [0.25, 0.3) is 16.6 Å². The Morgan fingerprint density at radius 1 is 1.17 bits per heavy atom. The van der Waals surface area contributed by atoms with Crippen molar-refractivity contribution in [3.63, 3.8) is 0 Å². The van der Waals surface area contributed by atoms with Crippen molar-refractivity contribution in [1.29, 1.82) is 0 Å². The summed E-state index contributed by atoms with van der Waals surface area (Å²) in [5, 5.41) is 10.1. The molecule has 0 bridgehead atoms. The zero-order valence-corrected chi connectivity index (χ0v) is 18.9. The minimum absolute atomic E-state index is 0.597. The van der Waals surface area contributed by atoms with Crippen LogP contribution in [0.2, 0.25) is 0 Å². The fourth-order valence-corrected chi connectivity index (χ4v) is 4.02. The molecule has 3 aromatic rings. The van der Waals surface area contributed by atoms with Gasteiger partial charge in [0.2, 0.25) is 0 Å². The highest BCUT2D eigenvalue weighted by Gasteiger charge is 2.32. The Bertz CT molecular complexity index is 1090. The molecule has 5 nitrogen and oxygen atoms in total. The van der Waals surface area contributed by atoms with Gasteiger partial charge in [0.25, 0.3) is 0 Å². The van der Waals surface area contributed by atoms with Gasteiger partial charge in [-0.2, -0.15) is 0 Å². The van der Waals surface area contributed by atoms with Gasteiger partial charge in [0.05, 0.1) is 12.2 Å². The lowest BCUT2D eigenvalue weighted by atomic mass is 9.89. The molecule has 0 amide bonds. The first-order valence-corrected chi connectivity index (χ1v) is 10.3. The summed E-state index contributed by atoms with van der Waals surface area (Å²) >= 11 is 0. The van der Waals surface area contributed by atoms with Gasteiger partial charge in [-0.05, 0) is 95.0 Å². The third-order valence-electron chi connectivity index (χ3n) is 5.25. The Kier molecular flexibility index (Phi) is 5.95. The Balaban J connectivity index is 2.35. The molecule has 3 rings (SSSR count). The maximum Gasteiger partial charge on any atom is 0.337 e. The fourth-order valence-electron chi connectivity index (χ4n) is 4.02. The van der Waals surface area contributed by atoms with E-state index in [1.165, 1.54) is 0 Å². The number of nitrogens with zero attached hydrogens (tertiary/aromatic N) is 1. The number of aliphatic carboxylic acids is 1. The number of fused-ring (bicyclic) bond motifs is 1.